The van der Waals surface area contributed by atoms with E-state index in [0.29, 0.717) is 19.3 Å². The van der Waals surface area contributed by atoms with Crippen molar-refractivity contribution in [1.29, 1.82) is 0 Å². The zero-order chi connectivity index (χ0) is 46.9. The molecule has 64 heavy (non-hydrogen) atoms. The van der Waals surface area contributed by atoms with Gasteiger partial charge in [0.05, 0.1) is 6.61 Å². The van der Waals surface area contributed by atoms with Gasteiger partial charge in [-0.3, -0.25) is 14.1 Å². The Morgan fingerprint density at radius 3 is 1.44 bits per heavy atom. The number of hydrogen-bond donors (Lipinski definition) is 4. The first-order valence-corrected chi connectivity index (χ1v) is 27.2. The molecule has 0 spiro atoms. The van der Waals surface area contributed by atoms with E-state index in [1.807, 2.05) is 6.08 Å². The van der Waals surface area contributed by atoms with Crippen LogP contribution in [0.4, 0.5) is 0 Å². The lowest BCUT2D eigenvalue weighted by Crippen LogP contribution is -2.60. The highest BCUT2D eigenvalue weighted by atomic mass is 32.2. The zero-order valence-electron chi connectivity index (χ0n) is 40.1. The molecule has 1 aliphatic heterocycles. The van der Waals surface area contributed by atoms with Crippen LogP contribution in [0.1, 0.15) is 219 Å². The topological polar surface area (TPSA) is 186 Å². The van der Waals surface area contributed by atoms with Crippen LogP contribution in [0.2, 0.25) is 0 Å². The Hall–Kier alpha value is -2.13. The number of hydrogen-bond acceptors (Lipinski definition) is 11. The van der Waals surface area contributed by atoms with Gasteiger partial charge in [0.15, 0.2) is 12.4 Å². The van der Waals surface area contributed by atoms with Crippen molar-refractivity contribution in [3.63, 3.8) is 0 Å². The van der Waals surface area contributed by atoms with E-state index in [2.05, 4.69) is 44.2 Å². The van der Waals surface area contributed by atoms with Crippen LogP contribution < -0.4 is 0 Å². The highest BCUT2D eigenvalue weighted by Gasteiger charge is 2.46. The van der Waals surface area contributed by atoms with Gasteiger partial charge in [0, 0.05) is 12.8 Å². The molecule has 0 bridgehead atoms. The Labute approximate surface area is 389 Å². The molecule has 2 unspecified atom stereocenters. The van der Waals surface area contributed by atoms with Gasteiger partial charge in [-0.25, -0.2) is 0 Å². The van der Waals surface area contributed by atoms with E-state index in [0.717, 1.165) is 38.5 Å². The summed E-state index contributed by atoms with van der Waals surface area (Å²) in [4.78, 5) is 25.5. The number of carbonyl (C=O) groups is 2. The molecule has 0 aromatic heterocycles. The highest BCUT2D eigenvalue weighted by molar-refractivity contribution is 7.85. The predicted molar refractivity (Wildman–Crippen MR) is 256 cm³/mol. The number of unbranched alkanes of at least 4 members (excludes halogenated alkanes) is 25. The Kier molecular flexibility index (Phi) is 38.4. The van der Waals surface area contributed by atoms with Gasteiger partial charge in [-0.1, -0.05) is 198 Å². The van der Waals surface area contributed by atoms with Crippen molar-refractivity contribution in [2.24, 2.45) is 0 Å². The normalized spacial score (nSPS) is 19.9. The first kappa shape index (κ1) is 59.9. The largest absolute Gasteiger partial charge is 0.462 e. The maximum absolute atomic E-state index is 12.8. The molecule has 1 rings (SSSR count). The van der Waals surface area contributed by atoms with Gasteiger partial charge < -0.3 is 34.3 Å². The Morgan fingerprint density at radius 1 is 0.531 bits per heavy atom. The average molecular weight is 929 g/mol. The number of esters is 2. The summed E-state index contributed by atoms with van der Waals surface area (Å²) in [5, 5.41) is 30.9. The first-order valence-electron chi connectivity index (χ1n) is 25.5. The summed E-state index contributed by atoms with van der Waals surface area (Å²) in [6.07, 6.45) is 39.1. The van der Waals surface area contributed by atoms with Crippen LogP contribution >= 0.6 is 0 Å². The molecule has 0 aliphatic carbocycles. The van der Waals surface area contributed by atoms with Crippen molar-refractivity contribution >= 4 is 22.1 Å². The van der Waals surface area contributed by atoms with Crippen molar-refractivity contribution in [2.75, 3.05) is 19.0 Å². The minimum Gasteiger partial charge on any atom is -0.462 e. The average Bonchev–Trinajstić information content (AvgIpc) is 3.26. The second kappa shape index (κ2) is 41.1. The quantitative estimate of drug-likeness (QED) is 0.0196. The summed E-state index contributed by atoms with van der Waals surface area (Å²) in [5.41, 5.74) is 0. The first-order chi connectivity index (χ1) is 31.0. The van der Waals surface area contributed by atoms with Crippen LogP contribution in [0, 0.1) is 0 Å². The molecule has 13 heteroatoms. The lowest BCUT2D eigenvalue weighted by molar-refractivity contribution is -0.297. The third-order valence-corrected chi connectivity index (χ3v) is 12.5. The molecule has 0 saturated carbocycles. The molecule has 1 fully saturated rings. The fourth-order valence-corrected chi connectivity index (χ4v) is 8.44. The van der Waals surface area contributed by atoms with Gasteiger partial charge in [-0.2, -0.15) is 8.42 Å². The van der Waals surface area contributed by atoms with Crippen molar-refractivity contribution in [3.05, 3.63) is 36.5 Å². The maximum Gasteiger partial charge on any atom is 0.306 e. The standard InChI is InChI=1S/C51H92O12S/c1-3-5-7-9-11-13-15-17-19-21-22-24-25-27-29-31-33-35-37-39-46(52)60-41-44(42-61-51-50(56)49(55)48(54)45(63-51)43-64(57,58)59)62-47(53)40-38-36-34-32-30-28-26-23-20-18-16-14-12-10-8-6-4-2/h18,20,26,28,32,34,44-45,48-51,54-56H,3-17,19,21-25,27,29-31,33,35-43H2,1-2H3,(H,57,58,59)/b20-18+,28-26+,34-32+/t44-,45-,48-,49?,50?,51+/m1/s1. The van der Waals surface area contributed by atoms with Crippen molar-refractivity contribution < 1.29 is 56.8 Å². The van der Waals surface area contributed by atoms with E-state index in [-0.39, 0.29) is 19.4 Å². The van der Waals surface area contributed by atoms with Crippen molar-refractivity contribution in [3.8, 4) is 0 Å². The maximum atomic E-state index is 12.8. The number of carbonyl (C=O) groups excluding carboxylic acids is 2. The van der Waals surface area contributed by atoms with Crippen molar-refractivity contribution in [2.45, 2.75) is 256 Å². The summed E-state index contributed by atoms with van der Waals surface area (Å²) < 4.78 is 54.2. The number of allylic oxidation sites excluding steroid dienone is 6. The molecule has 0 aromatic carbocycles. The second-order valence-corrected chi connectivity index (χ2v) is 19.3. The Bertz CT molecular complexity index is 1320. The fraction of sp³-hybridized carbons (Fsp3) is 0.843. The summed E-state index contributed by atoms with van der Waals surface area (Å²) in [7, 11) is -4.61. The Balaban J connectivity index is 2.41. The van der Waals surface area contributed by atoms with Gasteiger partial charge in [-0.05, 0) is 44.9 Å². The van der Waals surface area contributed by atoms with E-state index >= 15 is 0 Å². The van der Waals surface area contributed by atoms with E-state index < -0.39 is 71.2 Å². The van der Waals surface area contributed by atoms with Crippen LogP contribution in [0.25, 0.3) is 0 Å². The molecule has 1 heterocycles. The van der Waals surface area contributed by atoms with E-state index in [1.54, 1.807) is 0 Å². The lowest BCUT2D eigenvalue weighted by Gasteiger charge is -2.40. The molecular weight excluding hydrogens is 837 g/mol. The third-order valence-electron chi connectivity index (χ3n) is 11.7. The van der Waals surface area contributed by atoms with E-state index in [4.69, 9.17) is 18.9 Å². The number of rotatable bonds is 43. The molecule has 0 amide bonds. The number of ether oxygens (including phenoxy) is 4. The second-order valence-electron chi connectivity index (χ2n) is 17.8. The van der Waals surface area contributed by atoms with Gasteiger partial charge in [0.1, 0.15) is 36.8 Å². The van der Waals surface area contributed by atoms with Crippen LogP contribution in [0.15, 0.2) is 36.5 Å². The fourth-order valence-electron chi connectivity index (χ4n) is 7.75. The summed E-state index contributed by atoms with van der Waals surface area (Å²) in [6, 6.07) is 0. The highest BCUT2D eigenvalue weighted by Crippen LogP contribution is 2.24. The molecule has 374 valence electrons. The minimum absolute atomic E-state index is 0.0945. The van der Waals surface area contributed by atoms with Crippen LogP contribution in [-0.2, 0) is 38.7 Å². The summed E-state index contributed by atoms with van der Waals surface area (Å²) in [5.74, 6) is -2.04. The van der Waals surface area contributed by atoms with Crippen LogP contribution in [0.5, 0.6) is 0 Å². The van der Waals surface area contributed by atoms with E-state index in [1.165, 1.54) is 135 Å². The summed E-state index contributed by atoms with van der Waals surface area (Å²) >= 11 is 0. The molecule has 12 nitrogen and oxygen atoms in total. The van der Waals surface area contributed by atoms with Gasteiger partial charge >= 0.3 is 11.9 Å². The monoisotopic (exact) mass is 929 g/mol. The SMILES string of the molecule is CCCCCCCC/C=C/C/C=C/C/C=C/CCCC(=O)O[C@H](COC(=O)CCCCCCCCCCCCCCCCCCCCC)CO[C@H]1O[C@H](CS(=O)(=O)O)[C@@H](O)C(O)C1O. The van der Waals surface area contributed by atoms with Gasteiger partial charge in [0.25, 0.3) is 10.1 Å². The number of aliphatic hydroxyl groups is 3. The number of aliphatic hydroxyl groups excluding tert-OH is 3. The molecule has 0 aromatic rings. The molecule has 4 N–H and O–H groups in total. The molecular formula is C51H92O12S. The molecule has 0 radical (unpaired) electrons. The smallest absolute Gasteiger partial charge is 0.306 e. The summed E-state index contributed by atoms with van der Waals surface area (Å²) in [6.45, 7) is 3.74. The predicted octanol–water partition coefficient (Wildman–Crippen LogP) is 11.3. The minimum atomic E-state index is -4.61. The van der Waals surface area contributed by atoms with E-state index in [9.17, 15) is 37.9 Å². The van der Waals surface area contributed by atoms with Gasteiger partial charge in [0.2, 0.25) is 0 Å². The van der Waals surface area contributed by atoms with Gasteiger partial charge in [-0.15, -0.1) is 0 Å². The lowest BCUT2D eigenvalue weighted by atomic mass is 10.00. The third kappa shape index (κ3) is 35.1. The zero-order valence-corrected chi connectivity index (χ0v) is 41.0. The Morgan fingerprint density at radius 2 is 0.953 bits per heavy atom. The molecule has 1 aliphatic rings. The van der Waals surface area contributed by atoms with Crippen molar-refractivity contribution in [1.82, 2.24) is 0 Å². The van der Waals surface area contributed by atoms with Crippen LogP contribution in [0.3, 0.4) is 0 Å². The van der Waals surface area contributed by atoms with Crippen LogP contribution in [-0.4, -0.2) is 96.0 Å². The molecule has 6 atom stereocenters. The molecule has 1 saturated heterocycles.